The van der Waals surface area contributed by atoms with E-state index in [1.807, 2.05) is 0 Å². The van der Waals surface area contributed by atoms with Gasteiger partial charge in [0.2, 0.25) is 0 Å². The van der Waals surface area contributed by atoms with E-state index in [0.717, 1.165) is 0 Å². The van der Waals surface area contributed by atoms with Gasteiger partial charge in [-0.25, -0.2) is 0 Å². The highest BCUT2D eigenvalue weighted by molar-refractivity contribution is 6.31. The zero-order valence-electron chi connectivity index (χ0n) is 9.58. The van der Waals surface area contributed by atoms with E-state index in [0.29, 0.717) is 16.0 Å². The molecule has 2 aromatic rings. The third-order valence-electron chi connectivity index (χ3n) is 2.37. The second-order valence-corrected chi connectivity index (χ2v) is 4.41. The van der Waals surface area contributed by atoms with Crippen LogP contribution in [-0.2, 0) is 4.74 Å². The summed E-state index contributed by atoms with van der Waals surface area (Å²) in [7, 11) is 0. The first-order valence-corrected chi connectivity index (χ1v) is 5.74. The normalized spacial score (nSPS) is 13.9. The molecule has 1 atom stereocenters. The van der Waals surface area contributed by atoms with Crippen molar-refractivity contribution < 1.29 is 27.4 Å². The van der Waals surface area contributed by atoms with Crippen molar-refractivity contribution in [1.29, 1.82) is 0 Å². The minimum atomic E-state index is -4.42. The van der Waals surface area contributed by atoms with Gasteiger partial charge in [0.15, 0.2) is 0 Å². The first-order valence-electron chi connectivity index (χ1n) is 5.37. The fourth-order valence-corrected chi connectivity index (χ4v) is 1.75. The Bertz CT molecular complexity index is 565. The van der Waals surface area contributed by atoms with E-state index in [4.69, 9.17) is 16.0 Å². The van der Waals surface area contributed by atoms with Crippen LogP contribution in [0.2, 0.25) is 5.02 Å². The van der Waals surface area contributed by atoms with E-state index in [-0.39, 0.29) is 5.76 Å². The van der Waals surface area contributed by atoms with Crippen molar-refractivity contribution in [3.63, 3.8) is 0 Å². The lowest BCUT2D eigenvalue weighted by Gasteiger charge is -2.10. The van der Waals surface area contributed by atoms with Gasteiger partial charge in [-0.05, 0) is 24.3 Å². The van der Waals surface area contributed by atoms with Crippen LogP contribution in [0.5, 0.6) is 0 Å². The van der Waals surface area contributed by atoms with Gasteiger partial charge in [0, 0.05) is 10.4 Å². The Morgan fingerprint density at radius 3 is 2.74 bits per heavy atom. The number of benzene rings is 1. The van der Waals surface area contributed by atoms with Gasteiger partial charge in [0.05, 0.1) is 6.61 Å². The summed E-state index contributed by atoms with van der Waals surface area (Å²) in [5.41, 5.74) is 0.495. The van der Waals surface area contributed by atoms with E-state index in [1.54, 1.807) is 18.2 Å². The molecule has 1 N–H and O–H groups in total. The average molecular weight is 295 g/mol. The first kappa shape index (κ1) is 14.2. The van der Waals surface area contributed by atoms with Crippen molar-refractivity contribution in [3.05, 3.63) is 35.0 Å². The molecule has 0 aliphatic heterocycles. The summed E-state index contributed by atoms with van der Waals surface area (Å²) in [5.74, 6) is 0.138. The number of rotatable bonds is 4. The van der Waals surface area contributed by atoms with Crippen LogP contribution >= 0.6 is 11.6 Å². The molecule has 1 heterocycles. The van der Waals surface area contributed by atoms with Crippen LogP contribution in [0.4, 0.5) is 13.2 Å². The number of halogens is 4. The minimum Gasteiger partial charge on any atom is -0.458 e. The highest BCUT2D eigenvalue weighted by atomic mass is 35.5. The van der Waals surface area contributed by atoms with E-state index in [1.165, 1.54) is 6.07 Å². The first-order chi connectivity index (χ1) is 8.85. The third-order valence-corrected chi connectivity index (χ3v) is 2.60. The quantitative estimate of drug-likeness (QED) is 0.935. The van der Waals surface area contributed by atoms with Crippen LogP contribution in [0.1, 0.15) is 11.9 Å². The van der Waals surface area contributed by atoms with Gasteiger partial charge in [-0.3, -0.25) is 0 Å². The minimum absolute atomic E-state index is 0.138. The van der Waals surface area contributed by atoms with Crippen LogP contribution in [-0.4, -0.2) is 24.5 Å². The molecule has 0 amide bonds. The lowest BCUT2D eigenvalue weighted by molar-refractivity contribution is -0.179. The number of alkyl halides is 3. The van der Waals surface area contributed by atoms with Crippen LogP contribution in [0, 0.1) is 0 Å². The van der Waals surface area contributed by atoms with Crippen molar-refractivity contribution in [2.75, 3.05) is 13.2 Å². The fourth-order valence-electron chi connectivity index (χ4n) is 1.57. The molecule has 0 radical (unpaired) electrons. The summed E-state index contributed by atoms with van der Waals surface area (Å²) < 4.78 is 45.3. The monoisotopic (exact) mass is 294 g/mol. The van der Waals surface area contributed by atoms with Gasteiger partial charge < -0.3 is 14.3 Å². The zero-order valence-corrected chi connectivity index (χ0v) is 10.3. The van der Waals surface area contributed by atoms with Gasteiger partial charge in [-0.15, -0.1) is 0 Å². The maximum atomic E-state index is 11.9. The highest BCUT2D eigenvalue weighted by Crippen LogP contribution is 2.27. The molecule has 0 aliphatic rings. The molecule has 0 aliphatic carbocycles. The molecule has 1 aromatic heterocycles. The van der Waals surface area contributed by atoms with Crippen molar-refractivity contribution >= 4 is 22.6 Å². The van der Waals surface area contributed by atoms with Crippen molar-refractivity contribution in [2.45, 2.75) is 12.3 Å². The molecule has 2 rings (SSSR count). The van der Waals surface area contributed by atoms with E-state index in [9.17, 15) is 18.3 Å². The van der Waals surface area contributed by atoms with Gasteiger partial charge >= 0.3 is 6.18 Å². The molecule has 19 heavy (non-hydrogen) atoms. The molecule has 1 unspecified atom stereocenters. The number of hydrogen-bond donors (Lipinski definition) is 1. The van der Waals surface area contributed by atoms with E-state index in [2.05, 4.69) is 4.74 Å². The number of ether oxygens (including phenoxy) is 1. The summed E-state index contributed by atoms with van der Waals surface area (Å²) in [6, 6.07) is 6.38. The van der Waals surface area contributed by atoms with Crippen LogP contribution < -0.4 is 0 Å². The number of aliphatic hydroxyl groups excluding tert-OH is 1. The van der Waals surface area contributed by atoms with Gasteiger partial charge in [-0.1, -0.05) is 11.6 Å². The molecule has 0 saturated heterocycles. The predicted molar refractivity (Wildman–Crippen MR) is 63.1 cm³/mol. The van der Waals surface area contributed by atoms with Crippen LogP contribution in [0.15, 0.2) is 28.7 Å². The lowest BCUT2D eigenvalue weighted by atomic mass is 10.2. The molecule has 1 aromatic carbocycles. The smallest absolute Gasteiger partial charge is 0.411 e. The van der Waals surface area contributed by atoms with E-state index < -0.39 is 25.5 Å². The summed E-state index contributed by atoms with van der Waals surface area (Å²) >= 11 is 5.79. The molecule has 7 heteroatoms. The molecular formula is C12H10ClF3O3. The molecule has 104 valence electrons. The van der Waals surface area contributed by atoms with Gasteiger partial charge in [-0.2, -0.15) is 13.2 Å². The summed E-state index contributed by atoms with van der Waals surface area (Å²) in [4.78, 5) is 0. The summed E-state index contributed by atoms with van der Waals surface area (Å²) in [6.07, 6.45) is -5.67. The molecule has 0 bridgehead atoms. The molecule has 0 fully saturated rings. The number of fused-ring (bicyclic) bond motifs is 1. The number of aliphatic hydroxyl groups is 1. The van der Waals surface area contributed by atoms with Gasteiger partial charge in [0.1, 0.15) is 24.1 Å². The Morgan fingerprint density at radius 1 is 1.32 bits per heavy atom. The molecular weight excluding hydrogens is 285 g/mol. The van der Waals surface area contributed by atoms with Crippen LogP contribution in [0.25, 0.3) is 11.0 Å². The Morgan fingerprint density at radius 2 is 2.05 bits per heavy atom. The fraction of sp³-hybridized carbons (Fsp3) is 0.333. The zero-order chi connectivity index (χ0) is 14.0. The van der Waals surface area contributed by atoms with Crippen molar-refractivity contribution in [1.82, 2.24) is 0 Å². The summed E-state index contributed by atoms with van der Waals surface area (Å²) in [6.45, 7) is -1.90. The van der Waals surface area contributed by atoms with Gasteiger partial charge in [0.25, 0.3) is 0 Å². The second kappa shape index (κ2) is 5.40. The molecule has 0 saturated carbocycles. The Labute approximate surface area is 111 Å². The number of hydrogen-bond acceptors (Lipinski definition) is 3. The Kier molecular flexibility index (Phi) is 4.03. The van der Waals surface area contributed by atoms with Crippen molar-refractivity contribution in [2.24, 2.45) is 0 Å². The third kappa shape index (κ3) is 3.86. The molecule has 0 spiro atoms. The topological polar surface area (TPSA) is 42.6 Å². The largest absolute Gasteiger partial charge is 0.458 e. The average Bonchev–Trinajstić information content (AvgIpc) is 2.70. The van der Waals surface area contributed by atoms with Crippen LogP contribution in [0.3, 0.4) is 0 Å². The second-order valence-electron chi connectivity index (χ2n) is 3.98. The standard InChI is InChI=1S/C12H10ClF3O3/c13-8-1-2-10-7(3-8)4-11(19-10)9(17)5-18-6-12(14,15)16/h1-4,9,17H,5-6H2. The van der Waals surface area contributed by atoms with Crippen molar-refractivity contribution in [3.8, 4) is 0 Å². The SMILES string of the molecule is OC(COCC(F)(F)F)c1cc2cc(Cl)ccc2o1. The highest BCUT2D eigenvalue weighted by Gasteiger charge is 2.28. The molecule has 3 nitrogen and oxygen atoms in total. The number of furan rings is 1. The lowest BCUT2D eigenvalue weighted by Crippen LogP contribution is -2.19. The maximum Gasteiger partial charge on any atom is 0.411 e. The van der Waals surface area contributed by atoms with E-state index >= 15 is 0 Å². The Hall–Kier alpha value is -1.24. The summed E-state index contributed by atoms with van der Waals surface area (Å²) in [5, 5.41) is 10.8. The predicted octanol–water partition coefficient (Wildman–Crippen LogP) is 3.70. The maximum absolute atomic E-state index is 11.9. The Balaban J connectivity index is 2.03.